The van der Waals surface area contributed by atoms with Crippen molar-refractivity contribution in [3.05, 3.63) is 123 Å². The maximum atomic E-state index is 13.0. The summed E-state index contributed by atoms with van der Waals surface area (Å²) in [6.07, 6.45) is 10.7. The Labute approximate surface area is 401 Å². The number of alkyl halides is 3. The van der Waals surface area contributed by atoms with Gasteiger partial charge in [0.1, 0.15) is 19.0 Å². The Morgan fingerprint density at radius 2 is 1.49 bits per heavy atom. The van der Waals surface area contributed by atoms with Gasteiger partial charge < -0.3 is 14.4 Å². The summed E-state index contributed by atoms with van der Waals surface area (Å²) in [5.41, 5.74) is 3.59. The average molecular weight is 1000 g/mol. The SMILES string of the molecule is CCCN(CCOc1c(Cl)cc(Cl)cc1Cl)C(=O)n1ccnc1.COC(=O)[C@@H](C)N(C(=O)Cc1ccccc1)c1c(C)cccc1C.O=C1C2CC=CCC2C(=O)N1SC(Cl)(Cl)Cl. The highest BCUT2D eigenvalue weighted by Gasteiger charge is 2.50. The fourth-order valence-corrected chi connectivity index (χ4v) is 9.05. The van der Waals surface area contributed by atoms with E-state index in [1.807, 2.05) is 81.5 Å². The van der Waals surface area contributed by atoms with Crippen LogP contribution < -0.4 is 9.64 Å². The molecule has 0 radical (unpaired) electrons. The van der Waals surface area contributed by atoms with E-state index >= 15 is 0 Å². The van der Waals surface area contributed by atoms with Gasteiger partial charge in [-0.15, -0.1) is 0 Å². The first-order chi connectivity index (χ1) is 29.9. The number of allylic oxidation sites excluding steroid dienone is 2. The Morgan fingerprint density at radius 3 is 2.00 bits per heavy atom. The predicted molar refractivity (Wildman–Crippen MR) is 252 cm³/mol. The first-order valence-corrected chi connectivity index (χ1v) is 22.8. The molecule has 1 aliphatic carbocycles. The number of benzene rings is 3. The second-order valence-corrected chi connectivity index (χ2v) is 19.7. The highest BCUT2D eigenvalue weighted by molar-refractivity contribution is 8.03. The third-order valence-electron chi connectivity index (χ3n) is 9.80. The van der Waals surface area contributed by atoms with Crippen LogP contribution in [0.15, 0.2) is 91.5 Å². The molecule has 0 N–H and O–H groups in total. The molecule has 63 heavy (non-hydrogen) atoms. The number of imidazole rings is 1. The second-order valence-electron chi connectivity index (χ2n) is 14.3. The molecule has 0 saturated carbocycles. The van der Waals surface area contributed by atoms with E-state index in [1.165, 1.54) is 18.0 Å². The summed E-state index contributed by atoms with van der Waals surface area (Å²) in [6, 6.07) is 17.6. The molecule has 2 heterocycles. The van der Waals surface area contributed by atoms with E-state index < -0.39 is 15.1 Å². The Hall–Kier alpha value is -3.95. The summed E-state index contributed by atoms with van der Waals surface area (Å²) in [7, 11) is 1.34. The standard InChI is InChI=1S/C20H23NO3.C15H16Cl3N3O2.C9H8Cl3NO2S/c1-14-9-8-10-15(2)19(14)21(16(3)20(23)24-4)18(22)13-17-11-6-5-7-12-17;1-2-4-20(15(22)21-5-3-19-10-21)6-7-23-14-12(17)8-11(16)9-13(14)18;10-9(11,12)16-13-7(14)5-3-1-2-4-6(5)8(13)15/h5-12,16H,13H2,1-4H3;3,5,8-10H,2,4,6-7H2,1H3;1-2,5-6H,3-4H2/t16-;;/m1../s1. The van der Waals surface area contributed by atoms with Crippen LogP contribution in [-0.2, 0) is 30.3 Å². The van der Waals surface area contributed by atoms with Crippen LogP contribution in [0.5, 0.6) is 5.75 Å². The minimum absolute atomic E-state index is 0.128. The maximum absolute atomic E-state index is 13.0. The molecule has 1 aromatic heterocycles. The first kappa shape index (κ1) is 51.7. The lowest BCUT2D eigenvalue weighted by molar-refractivity contribution is -0.143. The van der Waals surface area contributed by atoms with E-state index in [-0.39, 0.29) is 48.6 Å². The monoisotopic (exact) mass is 999 g/mol. The van der Waals surface area contributed by atoms with E-state index in [0.717, 1.165) is 33.1 Å². The fraction of sp³-hybridized carbons (Fsp3) is 0.364. The smallest absolute Gasteiger partial charge is 0.329 e. The molecule has 4 aromatic rings. The van der Waals surface area contributed by atoms with Gasteiger partial charge in [-0.2, -0.15) is 0 Å². The second kappa shape index (κ2) is 24.4. The number of para-hydroxylation sites is 1. The summed E-state index contributed by atoms with van der Waals surface area (Å²) in [6.45, 7) is 8.86. The van der Waals surface area contributed by atoms with Crippen LogP contribution in [0.2, 0.25) is 15.1 Å². The molecule has 12 nitrogen and oxygen atoms in total. The molecular formula is C44H47Cl6N5O7S. The molecule has 19 heteroatoms. The van der Waals surface area contributed by atoms with Crippen molar-refractivity contribution in [1.29, 1.82) is 0 Å². The zero-order valence-electron chi connectivity index (χ0n) is 35.1. The van der Waals surface area contributed by atoms with Crippen molar-refractivity contribution >= 4 is 117 Å². The third-order valence-corrected chi connectivity index (χ3v) is 11.9. The van der Waals surface area contributed by atoms with Gasteiger partial charge in [0.05, 0.1) is 47.6 Å². The van der Waals surface area contributed by atoms with Crippen molar-refractivity contribution in [3.8, 4) is 5.75 Å². The molecule has 1 saturated heterocycles. The Kier molecular flexibility index (Phi) is 20.0. The van der Waals surface area contributed by atoms with E-state index in [1.54, 1.807) is 41.2 Å². The molecule has 1 aliphatic heterocycles. The van der Waals surface area contributed by atoms with E-state index in [0.29, 0.717) is 58.7 Å². The lowest BCUT2D eigenvalue weighted by atomic mass is 9.85. The number of methoxy groups -OCH3 is 1. The zero-order valence-corrected chi connectivity index (χ0v) is 40.5. The molecule has 0 spiro atoms. The lowest BCUT2D eigenvalue weighted by Crippen LogP contribution is -2.45. The number of ether oxygens (including phenoxy) is 2. The molecule has 4 amide bonds. The van der Waals surface area contributed by atoms with Crippen molar-refractivity contribution in [2.24, 2.45) is 11.8 Å². The van der Waals surface area contributed by atoms with Gasteiger partial charge in [0.2, 0.25) is 17.7 Å². The number of carbonyl (C=O) groups excluding carboxylic acids is 5. The number of halogens is 6. The minimum atomic E-state index is -1.69. The zero-order chi connectivity index (χ0) is 46.4. The van der Waals surface area contributed by atoms with Crippen molar-refractivity contribution in [1.82, 2.24) is 18.8 Å². The largest absolute Gasteiger partial charge is 0.489 e. The highest BCUT2D eigenvalue weighted by atomic mass is 35.6. The van der Waals surface area contributed by atoms with Crippen molar-refractivity contribution in [3.63, 3.8) is 0 Å². The lowest BCUT2D eigenvalue weighted by Gasteiger charge is -2.30. The molecule has 6 rings (SSSR count). The van der Waals surface area contributed by atoms with Crippen LogP contribution in [0, 0.1) is 25.7 Å². The number of nitrogens with zero attached hydrogens (tertiary/aromatic N) is 5. The van der Waals surface area contributed by atoms with Gasteiger partial charge in [-0.25, -0.2) is 18.9 Å². The predicted octanol–water partition coefficient (Wildman–Crippen LogP) is 11.0. The van der Waals surface area contributed by atoms with Crippen LogP contribution in [0.4, 0.5) is 10.5 Å². The summed E-state index contributed by atoms with van der Waals surface area (Å²) in [5.74, 6) is -1.26. The third kappa shape index (κ3) is 14.5. The normalized spacial score (nSPS) is 15.9. The van der Waals surface area contributed by atoms with Gasteiger partial charge in [0, 0.05) is 35.9 Å². The topological polar surface area (TPSA) is 131 Å². The number of carbonyl (C=O) groups is 5. The molecule has 2 aliphatic rings. The number of anilines is 1. The number of hydrogen-bond donors (Lipinski definition) is 0. The fourth-order valence-electron chi connectivity index (χ4n) is 6.85. The summed E-state index contributed by atoms with van der Waals surface area (Å²) < 4.78 is 11.2. The van der Waals surface area contributed by atoms with E-state index in [9.17, 15) is 24.0 Å². The Morgan fingerprint density at radius 1 is 0.905 bits per heavy atom. The molecule has 1 fully saturated rings. The quantitative estimate of drug-likeness (QED) is 0.0447. The van der Waals surface area contributed by atoms with Gasteiger partial charge in [0.15, 0.2) is 5.75 Å². The van der Waals surface area contributed by atoms with E-state index in [4.69, 9.17) is 79.1 Å². The van der Waals surface area contributed by atoms with Crippen LogP contribution in [0.1, 0.15) is 49.8 Å². The number of amides is 4. The number of aromatic nitrogens is 2. The van der Waals surface area contributed by atoms with E-state index in [2.05, 4.69) is 4.98 Å². The van der Waals surface area contributed by atoms with Crippen molar-refractivity contribution in [2.45, 2.75) is 62.5 Å². The number of esters is 1. The molecule has 338 valence electrons. The molecule has 0 bridgehead atoms. The van der Waals surface area contributed by atoms with Crippen LogP contribution in [0.25, 0.3) is 0 Å². The van der Waals surface area contributed by atoms with Gasteiger partial charge in [-0.05, 0) is 68.9 Å². The number of fused-ring (bicyclic) bond motifs is 1. The van der Waals surface area contributed by atoms with Gasteiger partial charge in [-0.3, -0.25) is 23.9 Å². The molecule has 3 aromatic carbocycles. The van der Waals surface area contributed by atoms with Crippen molar-refractivity contribution < 1.29 is 33.4 Å². The Balaban J connectivity index is 0.000000212. The van der Waals surface area contributed by atoms with Crippen LogP contribution in [0.3, 0.4) is 0 Å². The van der Waals surface area contributed by atoms with Crippen LogP contribution in [-0.4, -0.2) is 84.5 Å². The number of hydrogen-bond acceptors (Lipinski definition) is 9. The summed E-state index contributed by atoms with van der Waals surface area (Å²) in [4.78, 5) is 68.4. The maximum Gasteiger partial charge on any atom is 0.329 e. The summed E-state index contributed by atoms with van der Waals surface area (Å²) in [5, 5.41) is 1.12. The molecule has 3 atom stereocenters. The molecule has 2 unspecified atom stereocenters. The first-order valence-electron chi connectivity index (χ1n) is 19.7. The Bertz CT molecular complexity index is 2170. The number of rotatable bonds is 12. The minimum Gasteiger partial charge on any atom is -0.489 e. The average Bonchev–Trinajstić information content (AvgIpc) is 3.86. The number of aryl methyl sites for hydroxylation is 2. The van der Waals surface area contributed by atoms with Gasteiger partial charge in [0.25, 0.3) is 3.12 Å². The van der Waals surface area contributed by atoms with Crippen molar-refractivity contribution in [2.75, 3.05) is 31.7 Å². The highest BCUT2D eigenvalue weighted by Crippen LogP contribution is 2.47. The van der Waals surface area contributed by atoms with Gasteiger partial charge >= 0.3 is 12.0 Å². The molecular weight excluding hydrogens is 955 g/mol. The summed E-state index contributed by atoms with van der Waals surface area (Å²) >= 11 is 35.4. The van der Waals surface area contributed by atoms with Gasteiger partial charge in [-0.1, -0.05) is 137 Å². The number of imide groups is 1. The van der Waals surface area contributed by atoms with Crippen LogP contribution >= 0.6 is 81.6 Å².